The zero-order chi connectivity index (χ0) is 15.6. The highest BCUT2D eigenvalue weighted by molar-refractivity contribution is 7.89. The van der Waals surface area contributed by atoms with Crippen LogP contribution in [0.1, 0.15) is 36.0 Å². The molecule has 2 fully saturated rings. The number of amides is 1. The highest BCUT2D eigenvalue weighted by Crippen LogP contribution is 2.22. The lowest BCUT2D eigenvalue weighted by molar-refractivity contribution is 0.0857. The summed E-state index contributed by atoms with van der Waals surface area (Å²) >= 11 is 0. The number of rotatable bonds is 6. The number of nitrogens with one attached hydrogen (secondary N) is 2. The molecule has 1 aromatic rings. The van der Waals surface area contributed by atoms with Crippen molar-refractivity contribution in [3.63, 3.8) is 0 Å². The molecular weight excluding hydrogens is 304 g/mol. The first-order valence-electron chi connectivity index (χ1n) is 7.57. The predicted octanol–water partition coefficient (Wildman–Crippen LogP) is 1.04. The van der Waals surface area contributed by atoms with E-state index >= 15 is 0 Å². The standard InChI is InChI=1S/C15H20N2O4S/c18-15(16-10-13-4-2-8-21-13)11-3-1-5-14(9-11)22(19,20)17-12-6-7-12/h1,3,5,9,12-13,17H,2,4,6-8,10H2,(H,16,18)/t13-/m0/s1. The van der Waals surface area contributed by atoms with Crippen molar-refractivity contribution in [1.29, 1.82) is 0 Å². The summed E-state index contributed by atoms with van der Waals surface area (Å²) in [7, 11) is -3.54. The lowest BCUT2D eigenvalue weighted by Gasteiger charge is -2.11. The van der Waals surface area contributed by atoms with E-state index in [4.69, 9.17) is 4.74 Å². The number of benzene rings is 1. The molecular formula is C15H20N2O4S. The molecule has 1 saturated heterocycles. The molecule has 1 aliphatic carbocycles. The topological polar surface area (TPSA) is 84.5 Å². The van der Waals surface area contributed by atoms with Crippen molar-refractivity contribution in [1.82, 2.24) is 10.0 Å². The van der Waals surface area contributed by atoms with Crippen molar-refractivity contribution in [3.8, 4) is 0 Å². The van der Waals surface area contributed by atoms with Crippen molar-refractivity contribution >= 4 is 15.9 Å². The van der Waals surface area contributed by atoms with E-state index in [1.54, 1.807) is 12.1 Å². The first-order chi connectivity index (χ1) is 10.5. The van der Waals surface area contributed by atoms with Gasteiger partial charge in [-0.2, -0.15) is 0 Å². The molecule has 2 aliphatic rings. The molecule has 1 amide bonds. The second-order valence-electron chi connectivity index (χ2n) is 5.77. The minimum absolute atomic E-state index is 0.0435. The molecule has 0 bridgehead atoms. The average molecular weight is 324 g/mol. The zero-order valence-corrected chi connectivity index (χ0v) is 13.1. The van der Waals surface area contributed by atoms with E-state index in [2.05, 4.69) is 10.0 Å². The van der Waals surface area contributed by atoms with E-state index in [9.17, 15) is 13.2 Å². The quantitative estimate of drug-likeness (QED) is 0.819. The highest BCUT2D eigenvalue weighted by Gasteiger charge is 2.28. The zero-order valence-electron chi connectivity index (χ0n) is 12.2. The SMILES string of the molecule is O=C(NC[C@@H]1CCCO1)c1cccc(S(=O)(=O)NC2CC2)c1. The van der Waals surface area contributed by atoms with Crippen LogP contribution in [-0.2, 0) is 14.8 Å². The molecule has 1 heterocycles. The van der Waals surface area contributed by atoms with Crippen LogP contribution >= 0.6 is 0 Å². The Bertz CT molecular complexity index is 649. The van der Waals surface area contributed by atoms with Gasteiger partial charge in [0.15, 0.2) is 0 Å². The van der Waals surface area contributed by atoms with E-state index in [0.29, 0.717) is 12.1 Å². The summed E-state index contributed by atoms with van der Waals surface area (Å²) in [6.07, 6.45) is 3.77. The number of carbonyl (C=O) groups is 1. The molecule has 7 heteroatoms. The molecule has 0 spiro atoms. The number of ether oxygens (including phenoxy) is 1. The Balaban J connectivity index is 1.65. The highest BCUT2D eigenvalue weighted by atomic mass is 32.2. The number of hydrogen-bond donors (Lipinski definition) is 2. The van der Waals surface area contributed by atoms with Gasteiger partial charge in [-0.15, -0.1) is 0 Å². The van der Waals surface area contributed by atoms with Crippen LogP contribution in [0.2, 0.25) is 0 Å². The summed E-state index contributed by atoms with van der Waals surface area (Å²) in [6.45, 7) is 1.19. The second kappa shape index (κ2) is 6.36. The fourth-order valence-electron chi connectivity index (χ4n) is 2.41. The summed E-state index contributed by atoms with van der Waals surface area (Å²) in [4.78, 5) is 12.3. The maximum Gasteiger partial charge on any atom is 0.251 e. The van der Waals surface area contributed by atoms with E-state index < -0.39 is 10.0 Å². The normalized spacial score (nSPS) is 21.7. The van der Waals surface area contributed by atoms with E-state index in [-0.39, 0.29) is 22.9 Å². The third kappa shape index (κ3) is 3.85. The Hall–Kier alpha value is -1.44. The molecule has 3 rings (SSSR count). The van der Waals surface area contributed by atoms with Crippen LogP contribution in [0, 0.1) is 0 Å². The van der Waals surface area contributed by atoms with E-state index in [0.717, 1.165) is 32.3 Å². The summed E-state index contributed by atoms with van der Waals surface area (Å²) < 4.78 is 32.4. The van der Waals surface area contributed by atoms with Crippen LogP contribution in [0.4, 0.5) is 0 Å². The van der Waals surface area contributed by atoms with Crippen LogP contribution in [0.15, 0.2) is 29.2 Å². The fourth-order valence-corrected chi connectivity index (χ4v) is 3.76. The lowest BCUT2D eigenvalue weighted by atomic mass is 10.2. The molecule has 1 saturated carbocycles. The number of sulfonamides is 1. The summed E-state index contributed by atoms with van der Waals surface area (Å²) in [5, 5.41) is 2.79. The van der Waals surface area contributed by atoms with Crippen LogP contribution in [0.5, 0.6) is 0 Å². The van der Waals surface area contributed by atoms with Gasteiger partial charge in [0.05, 0.1) is 11.0 Å². The van der Waals surface area contributed by atoms with Gasteiger partial charge >= 0.3 is 0 Å². The molecule has 1 aliphatic heterocycles. The smallest absolute Gasteiger partial charge is 0.251 e. The van der Waals surface area contributed by atoms with Crippen LogP contribution in [-0.4, -0.2) is 39.6 Å². The minimum Gasteiger partial charge on any atom is -0.376 e. The van der Waals surface area contributed by atoms with Gasteiger partial charge in [0.2, 0.25) is 10.0 Å². The summed E-state index contributed by atoms with van der Waals surface area (Å²) in [6, 6.07) is 6.16. The summed E-state index contributed by atoms with van der Waals surface area (Å²) in [5.41, 5.74) is 0.344. The van der Waals surface area contributed by atoms with Gasteiger partial charge in [0.1, 0.15) is 0 Å². The first kappa shape index (κ1) is 15.5. The van der Waals surface area contributed by atoms with Gasteiger partial charge in [-0.1, -0.05) is 6.07 Å². The first-order valence-corrected chi connectivity index (χ1v) is 9.05. The van der Waals surface area contributed by atoms with E-state index in [1.807, 2.05) is 0 Å². The molecule has 6 nitrogen and oxygen atoms in total. The van der Waals surface area contributed by atoms with Gasteiger partial charge in [-0.3, -0.25) is 4.79 Å². The summed E-state index contributed by atoms with van der Waals surface area (Å²) in [5.74, 6) is -0.279. The molecule has 0 radical (unpaired) electrons. The largest absolute Gasteiger partial charge is 0.376 e. The maximum atomic E-state index is 12.2. The predicted molar refractivity (Wildman–Crippen MR) is 81.1 cm³/mol. The number of carbonyl (C=O) groups excluding carboxylic acids is 1. The third-order valence-electron chi connectivity index (χ3n) is 3.82. The van der Waals surface area contributed by atoms with Gasteiger partial charge < -0.3 is 10.1 Å². The second-order valence-corrected chi connectivity index (χ2v) is 7.48. The van der Waals surface area contributed by atoms with Crippen molar-refractivity contribution in [2.24, 2.45) is 0 Å². The Morgan fingerprint density at radius 2 is 2.09 bits per heavy atom. The van der Waals surface area contributed by atoms with Crippen LogP contribution in [0.25, 0.3) is 0 Å². The Labute approximate surface area is 130 Å². The van der Waals surface area contributed by atoms with Gasteiger partial charge in [-0.25, -0.2) is 13.1 Å². The van der Waals surface area contributed by atoms with Gasteiger partial charge in [0, 0.05) is 24.8 Å². The van der Waals surface area contributed by atoms with Crippen molar-refractivity contribution in [3.05, 3.63) is 29.8 Å². The Kier molecular flexibility index (Phi) is 4.46. The van der Waals surface area contributed by atoms with Crippen molar-refractivity contribution < 1.29 is 17.9 Å². The maximum absolute atomic E-state index is 12.2. The van der Waals surface area contributed by atoms with Crippen molar-refractivity contribution in [2.75, 3.05) is 13.2 Å². The van der Waals surface area contributed by atoms with Crippen molar-refractivity contribution in [2.45, 2.75) is 42.7 Å². The van der Waals surface area contributed by atoms with Crippen LogP contribution < -0.4 is 10.0 Å². The molecule has 0 aromatic heterocycles. The molecule has 1 aromatic carbocycles. The monoisotopic (exact) mass is 324 g/mol. The minimum atomic E-state index is -3.54. The van der Waals surface area contributed by atoms with Gasteiger partial charge in [0.25, 0.3) is 5.91 Å². The number of hydrogen-bond acceptors (Lipinski definition) is 4. The Morgan fingerprint density at radius 1 is 1.27 bits per heavy atom. The Morgan fingerprint density at radius 3 is 2.77 bits per heavy atom. The molecule has 22 heavy (non-hydrogen) atoms. The molecule has 1 atom stereocenters. The van der Waals surface area contributed by atoms with Crippen LogP contribution in [0.3, 0.4) is 0 Å². The molecule has 2 N–H and O–H groups in total. The fraction of sp³-hybridized carbons (Fsp3) is 0.533. The molecule has 120 valence electrons. The lowest BCUT2D eigenvalue weighted by Crippen LogP contribution is -2.32. The molecule has 0 unspecified atom stereocenters. The van der Waals surface area contributed by atoms with Gasteiger partial charge in [-0.05, 0) is 43.9 Å². The van der Waals surface area contributed by atoms with E-state index in [1.165, 1.54) is 12.1 Å². The third-order valence-corrected chi connectivity index (χ3v) is 5.34. The average Bonchev–Trinajstić information content (AvgIpc) is 3.15.